The van der Waals surface area contributed by atoms with E-state index in [0.717, 1.165) is 32.7 Å². The number of piperazine rings is 1. The largest absolute Gasteiger partial charge is 0.351 e. The van der Waals surface area contributed by atoms with E-state index in [1.807, 2.05) is 0 Å². The molecule has 1 aliphatic rings. The van der Waals surface area contributed by atoms with Crippen LogP contribution in [0.5, 0.6) is 0 Å². The maximum atomic E-state index is 12.2. The molecule has 0 radical (unpaired) electrons. The Balaban J connectivity index is 0.00000225. The maximum Gasteiger partial charge on any atom is 0.254 e. The number of hydrogen-bond donors (Lipinski definition) is 2. The third-order valence-electron chi connectivity index (χ3n) is 3.92. The zero-order valence-electron chi connectivity index (χ0n) is 13.5. The van der Waals surface area contributed by atoms with Crippen molar-refractivity contribution in [1.82, 2.24) is 25.3 Å². The Kier molecular flexibility index (Phi) is 7.53. The summed E-state index contributed by atoms with van der Waals surface area (Å²) >= 11 is 12.1. The van der Waals surface area contributed by atoms with Gasteiger partial charge in [-0.1, -0.05) is 23.2 Å². The van der Waals surface area contributed by atoms with Crippen molar-refractivity contribution >= 4 is 41.5 Å². The van der Waals surface area contributed by atoms with Crippen molar-refractivity contribution in [3.05, 3.63) is 46.2 Å². The second-order valence-corrected chi connectivity index (χ2v) is 6.46. The Bertz CT molecular complexity index is 716. The van der Waals surface area contributed by atoms with E-state index in [1.165, 1.54) is 6.20 Å². The standard InChI is InChI=1S/C16H19Cl2N5O.ClH/c17-13-1-2-15(14(18)9-13)23-11-12(10-21-23)16(24)20-5-8-22-6-3-19-4-7-22;/h1-2,9-11,19H,3-8H2,(H,20,24);1H. The molecule has 0 atom stereocenters. The first-order valence-electron chi connectivity index (χ1n) is 7.85. The molecule has 0 aliphatic carbocycles. The summed E-state index contributed by atoms with van der Waals surface area (Å²) in [4.78, 5) is 14.5. The molecular formula is C16H20Cl3N5O. The summed E-state index contributed by atoms with van der Waals surface area (Å²) in [7, 11) is 0. The van der Waals surface area contributed by atoms with Gasteiger partial charge in [0.05, 0.1) is 22.5 Å². The average Bonchev–Trinajstić information content (AvgIpc) is 3.05. The van der Waals surface area contributed by atoms with Gasteiger partial charge in [-0.25, -0.2) is 4.68 Å². The smallest absolute Gasteiger partial charge is 0.254 e. The van der Waals surface area contributed by atoms with E-state index in [4.69, 9.17) is 23.2 Å². The molecule has 1 aromatic carbocycles. The van der Waals surface area contributed by atoms with Gasteiger partial charge in [0.2, 0.25) is 0 Å². The molecule has 1 saturated heterocycles. The van der Waals surface area contributed by atoms with Crippen molar-refractivity contribution in [3.8, 4) is 5.69 Å². The van der Waals surface area contributed by atoms with Crippen LogP contribution in [0, 0.1) is 0 Å². The zero-order valence-corrected chi connectivity index (χ0v) is 15.9. The summed E-state index contributed by atoms with van der Waals surface area (Å²) < 4.78 is 1.57. The quantitative estimate of drug-likeness (QED) is 0.802. The molecule has 6 nitrogen and oxygen atoms in total. The van der Waals surface area contributed by atoms with E-state index in [9.17, 15) is 4.79 Å². The van der Waals surface area contributed by atoms with E-state index >= 15 is 0 Å². The van der Waals surface area contributed by atoms with Gasteiger partial charge in [-0.2, -0.15) is 5.10 Å². The van der Waals surface area contributed by atoms with Gasteiger partial charge in [-0.3, -0.25) is 9.69 Å². The molecule has 136 valence electrons. The number of carbonyl (C=O) groups is 1. The van der Waals surface area contributed by atoms with Crippen molar-refractivity contribution in [3.63, 3.8) is 0 Å². The van der Waals surface area contributed by atoms with E-state index < -0.39 is 0 Å². The van der Waals surface area contributed by atoms with Crippen LogP contribution >= 0.6 is 35.6 Å². The Labute approximate surface area is 162 Å². The van der Waals surface area contributed by atoms with Crippen LogP contribution in [0.2, 0.25) is 10.0 Å². The van der Waals surface area contributed by atoms with Crippen LogP contribution in [0.25, 0.3) is 5.69 Å². The number of aromatic nitrogens is 2. The van der Waals surface area contributed by atoms with E-state index in [-0.39, 0.29) is 18.3 Å². The van der Waals surface area contributed by atoms with Crippen molar-refractivity contribution in [1.29, 1.82) is 0 Å². The average molecular weight is 405 g/mol. The SMILES string of the molecule is Cl.O=C(NCCN1CCNCC1)c1cnn(-c2ccc(Cl)cc2Cl)c1. The van der Waals surface area contributed by atoms with E-state index in [0.29, 0.717) is 27.8 Å². The minimum absolute atomic E-state index is 0. The topological polar surface area (TPSA) is 62.2 Å². The molecule has 2 N–H and O–H groups in total. The minimum atomic E-state index is -0.138. The number of benzene rings is 1. The monoisotopic (exact) mass is 403 g/mol. The molecule has 2 heterocycles. The lowest BCUT2D eigenvalue weighted by atomic mass is 10.3. The Morgan fingerprint density at radius 2 is 2.04 bits per heavy atom. The van der Waals surface area contributed by atoms with Crippen molar-refractivity contribution < 1.29 is 4.79 Å². The van der Waals surface area contributed by atoms with Crippen molar-refractivity contribution in [2.45, 2.75) is 0 Å². The number of amides is 1. The van der Waals surface area contributed by atoms with Gasteiger partial charge in [0.25, 0.3) is 5.91 Å². The second-order valence-electron chi connectivity index (χ2n) is 5.62. The molecule has 3 rings (SSSR count). The number of rotatable bonds is 5. The molecular weight excluding hydrogens is 385 g/mol. The number of nitrogens with one attached hydrogen (secondary N) is 2. The van der Waals surface area contributed by atoms with Gasteiger partial charge in [0.15, 0.2) is 0 Å². The number of hydrogen-bond acceptors (Lipinski definition) is 4. The molecule has 1 aromatic heterocycles. The molecule has 25 heavy (non-hydrogen) atoms. The van der Waals surface area contributed by atoms with Gasteiger partial charge in [-0.05, 0) is 18.2 Å². The number of carbonyl (C=O) groups excluding carboxylic acids is 1. The van der Waals surface area contributed by atoms with Crippen molar-refractivity contribution in [2.75, 3.05) is 39.3 Å². The first-order chi connectivity index (χ1) is 11.6. The predicted molar refractivity (Wildman–Crippen MR) is 102 cm³/mol. The molecule has 0 unspecified atom stereocenters. The molecule has 1 aliphatic heterocycles. The maximum absolute atomic E-state index is 12.2. The van der Waals surface area contributed by atoms with Crippen LogP contribution in [0.1, 0.15) is 10.4 Å². The first-order valence-corrected chi connectivity index (χ1v) is 8.60. The fraction of sp³-hybridized carbons (Fsp3) is 0.375. The van der Waals surface area contributed by atoms with Crippen LogP contribution in [0.15, 0.2) is 30.6 Å². The predicted octanol–water partition coefficient (Wildman–Crippen LogP) is 2.24. The van der Waals surface area contributed by atoms with Crippen molar-refractivity contribution in [2.24, 2.45) is 0 Å². The highest BCUT2D eigenvalue weighted by molar-refractivity contribution is 6.35. The number of halogens is 3. The number of nitrogens with zero attached hydrogens (tertiary/aromatic N) is 3. The first kappa shape index (κ1) is 20.0. The Hall–Kier alpha value is -1.31. The molecule has 1 amide bonds. The highest BCUT2D eigenvalue weighted by Crippen LogP contribution is 2.24. The molecule has 0 bridgehead atoms. The fourth-order valence-electron chi connectivity index (χ4n) is 2.60. The highest BCUT2D eigenvalue weighted by Gasteiger charge is 2.13. The molecule has 9 heteroatoms. The van der Waals surface area contributed by atoms with Gasteiger partial charge in [-0.15, -0.1) is 12.4 Å². The summed E-state index contributed by atoms with van der Waals surface area (Å²) in [6.07, 6.45) is 3.19. The fourth-order valence-corrected chi connectivity index (χ4v) is 3.10. The van der Waals surface area contributed by atoms with Gasteiger partial charge in [0.1, 0.15) is 0 Å². The Morgan fingerprint density at radius 3 is 2.76 bits per heavy atom. The second kappa shape index (κ2) is 9.40. The molecule has 2 aromatic rings. The Morgan fingerprint density at radius 1 is 1.28 bits per heavy atom. The lowest BCUT2D eigenvalue weighted by Crippen LogP contribution is -2.46. The van der Waals surface area contributed by atoms with E-state index in [1.54, 1.807) is 29.1 Å². The minimum Gasteiger partial charge on any atom is -0.351 e. The zero-order chi connectivity index (χ0) is 16.9. The van der Waals surface area contributed by atoms with Crippen LogP contribution in [0.3, 0.4) is 0 Å². The van der Waals surface area contributed by atoms with Gasteiger partial charge >= 0.3 is 0 Å². The third kappa shape index (κ3) is 5.33. The van der Waals surface area contributed by atoms with Crippen LogP contribution in [-0.4, -0.2) is 59.9 Å². The summed E-state index contributed by atoms with van der Waals surface area (Å²) in [6, 6.07) is 5.15. The summed E-state index contributed by atoms with van der Waals surface area (Å²) in [5.41, 5.74) is 1.18. The lowest BCUT2D eigenvalue weighted by molar-refractivity contribution is 0.0947. The van der Waals surface area contributed by atoms with Crippen LogP contribution in [0.4, 0.5) is 0 Å². The highest BCUT2D eigenvalue weighted by atomic mass is 35.5. The summed E-state index contributed by atoms with van der Waals surface area (Å²) in [5.74, 6) is -0.138. The van der Waals surface area contributed by atoms with Crippen LogP contribution in [-0.2, 0) is 0 Å². The van der Waals surface area contributed by atoms with Crippen LogP contribution < -0.4 is 10.6 Å². The van der Waals surface area contributed by atoms with E-state index in [2.05, 4.69) is 20.6 Å². The molecule has 1 fully saturated rings. The molecule has 0 spiro atoms. The lowest BCUT2D eigenvalue weighted by Gasteiger charge is -2.26. The summed E-state index contributed by atoms with van der Waals surface area (Å²) in [5, 5.41) is 11.5. The normalized spacial score (nSPS) is 14.8. The van der Waals surface area contributed by atoms with Gasteiger partial charge < -0.3 is 10.6 Å². The van der Waals surface area contributed by atoms with Gasteiger partial charge in [0, 0.05) is 50.5 Å². The third-order valence-corrected chi connectivity index (χ3v) is 4.46. The summed E-state index contributed by atoms with van der Waals surface area (Å²) in [6.45, 7) is 5.51. The molecule has 0 saturated carbocycles.